The van der Waals surface area contributed by atoms with Gasteiger partial charge in [-0.3, -0.25) is 0 Å². The number of imidazole rings is 1. The summed E-state index contributed by atoms with van der Waals surface area (Å²) in [6, 6.07) is 2.14. The maximum absolute atomic E-state index is 9.75. The van der Waals surface area contributed by atoms with Crippen molar-refractivity contribution in [2.24, 2.45) is 0 Å². The zero-order valence-corrected chi connectivity index (χ0v) is 10.2. The van der Waals surface area contributed by atoms with Crippen LogP contribution in [0.5, 0.6) is 0 Å². The predicted octanol–water partition coefficient (Wildman–Crippen LogP) is 2.79. The van der Waals surface area contributed by atoms with E-state index in [1.54, 1.807) is 0 Å². The summed E-state index contributed by atoms with van der Waals surface area (Å²) in [4.78, 5) is 0. The SMILES string of the molecule is CCCCn1cc[n+](CCC#N)c1.F[B-](F)(F)F. The number of nitrogens with zero attached hydrogens (tertiary/aromatic N) is 3. The van der Waals surface area contributed by atoms with Gasteiger partial charge in [-0.15, -0.1) is 0 Å². The van der Waals surface area contributed by atoms with Crippen molar-refractivity contribution in [2.45, 2.75) is 39.3 Å². The van der Waals surface area contributed by atoms with Crippen molar-refractivity contribution in [1.82, 2.24) is 4.57 Å². The summed E-state index contributed by atoms with van der Waals surface area (Å²) < 4.78 is 43.2. The third-order valence-electron chi connectivity index (χ3n) is 2.00. The van der Waals surface area contributed by atoms with Gasteiger partial charge in [0.05, 0.1) is 19.0 Å². The van der Waals surface area contributed by atoms with Gasteiger partial charge < -0.3 is 17.3 Å². The number of aryl methyl sites for hydroxylation is 2. The van der Waals surface area contributed by atoms with Crippen molar-refractivity contribution in [3.63, 3.8) is 0 Å². The summed E-state index contributed by atoms with van der Waals surface area (Å²) in [5.74, 6) is 0. The van der Waals surface area contributed by atoms with Gasteiger partial charge >= 0.3 is 7.25 Å². The Hall–Kier alpha value is -1.52. The van der Waals surface area contributed by atoms with Crippen molar-refractivity contribution in [2.75, 3.05) is 0 Å². The topological polar surface area (TPSA) is 32.6 Å². The van der Waals surface area contributed by atoms with Gasteiger partial charge in [0.1, 0.15) is 18.9 Å². The van der Waals surface area contributed by atoms with Crippen LogP contribution in [0, 0.1) is 11.3 Å². The van der Waals surface area contributed by atoms with Crippen LogP contribution in [0.25, 0.3) is 0 Å². The first-order valence-corrected chi connectivity index (χ1v) is 5.66. The van der Waals surface area contributed by atoms with Crippen LogP contribution in [-0.2, 0) is 13.1 Å². The molecule has 0 fully saturated rings. The lowest BCUT2D eigenvalue weighted by Crippen LogP contribution is -2.30. The van der Waals surface area contributed by atoms with Crippen LogP contribution in [-0.4, -0.2) is 11.8 Å². The van der Waals surface area contributed by atoms with E-state index in [1.165, 1.54) is 12.8 Å². The molecule has 0 aliphatic heterocycles. The largest absolute Gasteiger partial charge is 0.673 e. The Bertz CT molecular complexity index is 364. The summed E-state index contributed by atoms with van der Waals surface area (Å²) in [6.07, 6.45) is 9.17. The average Bonchev–Trinajstić information content (AvgIpc) is 2.69. The highest BCUT2D eigenvalue weighted by atomic mass is 19.5. The van der Waals surface area contributed by atoms with E-state index in [0.717, 1.165) is 13.1 Å². The molecule has 1 heterocycles. The van der Waals surface area contributed by atoms with E-state index in [0.29, 0.717) is 6.42 Å². The lowest BCUT2D eigenvalue weighted by Gasteiger charge is -1.94. The van der Waals surface area contributed by atoms with Gasteiger partial charge in [-0.05, 0) is 6.42 Å². The Morgan fingerprint density at radius 2 is 1.94 bits per heavy atom. The molecule has 0 aliphatic rings. The molecule has 0 spiro atoms. The Kier molecular flexibility index (Phi) is 7.84. The van der Waals surface area contributed by atoms with Crippen molar-refractivity contribution >= 4 is 7.25 Å². The van der Waals surface area contributed by atoms with Gasteiger partial charge in [0, 0.05) is 0 Å². The number of rotatable bonds is 5. The molecule has 0 amide bonds. The fourth-order valence-corrected chi connectivity index (χ4v) is 1.22. The molecule has 0 saturated carbocycles. The van der Waals surface area contributed by atoms with E-state index < -0.39 is 7.25 Å². The van der Waals surface area contributed by atoms with E-state index in [2.05, 4.69) is 34.7 Å². The maximum Gasteiger partial charge on any atom is 0.673 e. The average molecular weight is 265 g/mol. The Morgan fingerprint density at radius 3 is 2.44 bits per heavy atom. The molecule has 0 unspecified atom stereocenters. The normalized spacial score (nSPS) is 10.4. The van der Waals surface area contributed by atoms with E-state index in [-0.39, 0.29) is 0 Å². The van der Waals surface area contributed by atoms with Gasteiger partial charge in [-0.1, -0.05) is 13.3 Å². The highest BCUT2D eigenvalue weighted by Gasteiger charge is 2.20. The van der Waals surface area contributed by atoms with Gasteiger partial charge in [-0.2, -0.15) is 5.26 Å². The Morgan fingerprint density at radius 1 is 1.33 bits per heavy atom. The van der Waals surface area contributed by atoms with Gasteiger partial charge in [0.15, 0.2) is 0 Å². The van der Waals surface area contributed by atoms with E-state index in [9.17, 15) is 17.3 Å². The first-order chi connectivity index (χ1) is 8.36. The molecule has 3 nitrogen and oxygen atoms in total. The molecule has 1 rings (SSSR count). The second kappa shape index (κ2) is 8.56. The molecule has 1 aromatic rings. The molecule has 0 N–H and O–H groups in total. The van der Waals surface area contributed by atoms with E-state index in [4.69, 9.17) is 5.26 Å². The Labute approximate surface area is 104 Å². The number of nitriles is 1. The first kappa shape index (κ1) is 16.5. The third-order valence-corrected chi connectivity index (χ3v) is 2.00. The number of hydrogen-bond acceptors (Lipinski definition) is 1. The fraction of sp³-hybridized carbons (Fsp3) is 0.600. The van der Waals surface area contributed by atoms with Crippen LogP contribution in [0.15, 0.2) is 18.7 Å². The molecule has 1 aromatic heterocycles. The molecule has 0 bridgehead atoms. The van der Waals surface area contributed by atoms with Crippen molar-refractivity contribution in [3.05, 3.63) is 18.7 Å². The maximum atomic E-state index is 9.75. The zero-order chi connectivity index (χ0) is 14.0. The molecule has 8 heteroatoms. The van der Waals surface area contributed by atoms with E-state index in [1.807, 2.05) is 6.20 Å². The standard InChI is InChI=1S/C10H16N3.BF4/c1-2-3-6-12-8-9-13(10-12)7-4-5-11;2-1(3,4)5/h8-10H,2-4,6-7H2,1H3;/q+1;-1. The zero-order valence-electron chi connectivity index (χ0n) is 10.2. The molecule has 0 aliphatic carbocycles. The minimum atomic E-state index is -6.00. The highest BCUT2D eigenvalue weighted by Crippen LogP contribution is 2.06. The second-order valence-corrected chi connectivity index (χ2v) is 3.65. The first-order valence-electron chi connectivity index (χ1n) is 5.66. The van der Waals surface area contributed by atoms with Crippen molar-refractivity contribution in [1.29, 1.82) is 5.26 Å². The Balaban J connectivity index is 0.000000494. The van der Waals surface area contributed by atoms with Gasteiger partial charge in [0.2, 0.25) is 6.33 Å². The molecule has 0 saturated heterocycles. The quantitative estimate of drug-likeness (QED) is 0.457. The third kappa shape index (κ3) is 11.0. The minimum absolute atomic E-state index is 0.586. The molecule has 0 radical (unpaired) electrons. The van der Waals surface area contributed by atoms with Crippen LogP contribution >= 0.6 is 0 Å². The molecular weight excluding hydrogens is 249 g/mol. The number of halogens is 4. The predicted molar refractivity (Wildman–Crippen MR) is 60.0 cm³/mol. The summed E-state index contributed by atoms with van der Waals surface area (Å²) in [7, 11) is -6.00. The lowest BCUT2D eigenvalue weighted by atomic mass is 10.3. The number of hydrogen-bond donors (Lipinski definition) is 0. The lowest BCUT2D eigenvalue weighted by molar-refractivity contribution is -0.695. The summed E-state index contributed by atoms with van der Waals surface area (Å²) in [6.45, 7) is 4.07. The van der Waals surface area contributed by atoms with Crippen LogP contribution in [0.2, 0.25) is 0 Å². The molecule has 0 atom stereocenters. The van der Waals surface area contributed by atoms with Crippen LogP contribution in [0.4, 0.5) is 17.3 Å². The summed E-state index contributed by atoms with van der Waals surface area (Å²) in [5.41, 5.74) is 0. The highest BCUT2D eigenvalue weighted by molar-refractivity contribution is 6.50. The van der Waals surface area contributed by atoms with Gasteiger partial charge in [-0.25, -0.2) is 9.13 Å². The number of aromatic nitrogens is 2. The van der Waals surface area contributed by atoms with Crippen LogP contribution < -0.4 is 4.57 Å². The fourth-order valence-electron chi connectivity index (χ4n) is 1.22. The molecule has 18 heavy (non-hydrogen) atoms. The van der Waals surface area contributed by atoms with E-state index >= 15 is 0 Å². The number of unbranched alkanes of at least 4 members (excludes halogenated alkanes) is 1. The van der Waals surface area contributed by atoms with Crippen molar-refractivity contribution in [3.8, 4) is 6.07 Å². The summed E-state index contributed by atoms with van der Waals surface area (Å²) in [5, 5.41) is 8.41. The van der Waals surface area contributed by atoms with Crippen LogP contribution in [0.3, 0.4) is 0 Å². The van der Waals surface area contributed by atoms with Gasteiger partial charge in [0.25, 0.3) is 0 Å². The van der Waals surface area contributed by atoms with Crippen LogP contribution in [0.1, 0.15) is 26.2 Å². The smallest absolute Gasteiger partial charge is 0.418 e. The molecule has 102 valence electrons. The minimum Gasteiger partial charge on any atom is -0.418 e. The second-order valence-electron chi connectivity index (χ2n) is 3.65. The molecular formula is C10H16BF4N3. The van der Waals surface area contributed by atoms with Crippen molar-refractivity contribution < 1.29 is 21.8 Å². The monoisotopic (exact) mass is 265 g/mol. The summed E-state index contributed by atoms with van der Waals surface area (Å²) >= 11 is 0. The molecule has 0 aromatic carbocycles.